The third-order valence-electron chi connectivity index (χ3n) is 6.37. The molecule has 0 radical (unpaired) electrons. The lowest BCUT2D eigenvalue weighted by Crippen LogP contribution is -2.39. The van der Waals surface area contributed by atoms with Gasteiger partial charge in [0.15, 0.2) is 0 Å². The number of amides is 1. The summed E-state index contributed by atoms with van der Waals surface area (Å²) in [5.41, 5.74) is 0.844. The average molecular weight is 357 g/mol. The number of carbonyl (C=O) groups is 1. The van der Waals surface area contributed by atoms with Gasteiger partial charge >= 0.3 is 6.09 Å². The van der Waals surface area contributed by atoms with E-state index in [-0.39, 0.29) is 11.7 Å². The van der Waals surface area contributed by atoms with Crippen molar-refractivity contribution in [1.29, 1.82) is 0 Å². The van der Waals surface area contributed by atoms with Crippen LogP contribution < -0.4 is 4.90 Å². The molecule has 1 aromatic heterocycles. The van der Waals surface area contributed by atoms with Crippen LogP contribution >= 0.6 is 0 Å². The highest BCUT2D eigenvalue weighted by molar-refractivity contribution is 5.89. The second kappa shape index (κ2) is 7.18. The second-order valence-electron chi connectivity index (χ2n) is 8.55. The van der Waals surface area contributed by atoms with Crippen LogP contribution in [0, 0.1) is 0 Å². The molecule has 1 atom stereocenters. The number of ether oxygens (including phenoxy) is 1. The Hall–Kier alpha value is -1.62. The monoisotopic (exact) mass is 357 g/mol. The van der Waals surface area contributed by atoms with E-state index in [4.69, 9.17) is 9.72 Å². The summed E-state index contributed by atoms with van der Waals surface area (Å²) in [7, 11) is 0. The van der Waals surface area contributed by atoms with Crippen molar-refractivity contribution in [3.8, 4) is 0 Å². The molecule has 2 aliphatic heterocycles. The van der Waals surface area contributed by atoms with Gasteiger partial charge in [-0.15, -0.1) is 0 Å². The molecular weight excluding hydrogens is 326 g/mol. The van der Waals surface area contributed by atoms with Crippen molar-refractivity contribution in [2.45, 2.75) is 76.4 Å². The van der Waals surface area contributed by atoms with E-state index in [9.17, 15) is 4.79 Å². The Morgan fingerprint density at radius 2 is 2.00 bits per heavy atom. The Kier molecular flexibility index (Phi) is 4.91. The summed E-state index contributed by atoms with van der Waals surface area (Å²) in [5, 5.41) is 0. The Labute approximate surface area is 156 Å². The number of rotatable bonds is 3. The minimum Gasteiger partial charge on any atom is -0.441 e. The molecule has 0 bridgehead atoms. The summed E-state index contributed by atoms with van der Waals surface area (Å²) in [5.74, 6) is 1.21. The minimum absolute atomic E-state index is 0.219. The van der Waals surface area contributed by atoms with E-state index in [0.717, 1.165) is 43.7 Å². The zero-order chi connectivity index (χ0) is 18.1. The number of aromatic nitrogens is 1. The predicted octanol–water partition coefficient (Wildman–Crippen LogP) is 4.33. The first kappa shape index (κ1) is 17.8. The van der Waals surface area contributed by atoms with Crippen LogP contribution in [0.4, 0.5) is 10.6 Å². The van der Waals surface area contributed by atoms with Crippen LogP contribution in [0.5, 0.6) is 0 Å². The Morgan fingerprint density at radius 1 is 1.19 bits per heavy atom. The quantitative estimate of drug-likeness (QED) is 0.808. The van der Waals surface area contributed by atoms with Gasteiger partial charge in [-0.05, 0) is 71.0 Å². The molecule has 1 spiro atoms. The largest absolute Gasteiger partial charge is 0.441 e. The van der Waals surface area contributed by atoms with E-state index in [1.54, 1.807) is 4.90 Å². The van der Waals surface area contributed by atoms with Crippen LogP contribution in [-0.4, -0.2) is 47.3 Å². The summed E-state index contributed by atoms with van der Waals surface area (Å²) < 4.78 is 5.83. The SMILES string of the molecule is CC(C)N1CCC[C@@H](c2cccc(N3CC4(CCCCC4)OC3=O)n2)C1. The zero-order valence-electron chi connectivity index (χ0n) is 16.1. The van der Waals surface area contributed by atoms with Gasteiger partial charge in [-0.1, -0.05) is 12.5 Å². The highest BCUT2D eigenvalue weighted by Crippen LogP contribution is 2.38. The molecule has 0 aromatic carbocycles. The number of likely N-dealkylation sites (tertiary alicyclic amines) is 1. The molecule has 0 N–H and O–H groups in total. The Bertz CT molecular complexity index is 654. The topological polar surface area (TPSA) is 45.7 Å². The lowest BCUT2D eigenvalue weighted by molar-refractivity contribution is 0.0260. The Morgan fingerprint density at radius 3 is 2.77 bits per heavy atom. The van der Waals surface area contributed by atoms with Crippen molar-refractivity contribution < 1.29 is 9.53 Å². The average Bonchev–Trinajstić information content (AvgIpc) is 2.98. The van der Waals surface area contributed by atoms with Crippen LogP contribution in [0.3, 0.4) is 0 Å². The van der Waals surface area contributed by atoms with Gasteiger partial charge in [-0.25, -0.2) is 9.78 Å². The van der Waals surface area contributed by atoms with Crippen LogP contribution in [0.25, 0.3) is 0 Å². The number of hydrogen-bond acceptors (Lipinski definition) is 4. The van der Waals surface area contributed by atoms with Crippen molar-refractivity contribution in [2.24, 2.45) is 0 Å². The molecule has 5 nitrogen and oxygen atoms in total. The van der Waals surface area contributed by atoms with Crippen molar-refractivity contribution >= 4 is 11.9 Å². The fourth-order valence-corrected chi connectivity index (χ4v) is 4.79. The highest BCUT2D eigenvalue weighted by Gasteiger charge is 2.46. The first-order chi connectivity index (χ1) is 12.6. The molecule has 3 heterocycles. The number of carbonyl (C=O) groups excluding carboxylic acids is 1. The van der Waals surface area contributed by atoms with E-state index < -0.39 is 0 Å². The van der Waals surface area contributed by atoms with E-state index in [1.807, 2.05) is 12.1 Å². The summed E-state index contributed by atoms with van der Waals surface area (Å²) in [6.07, 6.45) is 7.70. The zero-order valence-corrected chi connectivity index (χ0v) is 16.1. The van der Waals surface area contributed by atoms with E-state index in [0.29, 0.717) is 18.5 Å². The molecule has 5 heteroatoms. The van der Waals surface area contributed by atoms with Gasteiger partial charge in [0.05, 0.1) is 6.54 Å². The smallest absolute Gasteiger partial charge is 0.416 e. The molecule has 4 rings (SSSR count). The summed E-state index contributed by atoms with van der Waals surface area (Å²) in [4.78, 5) is 21.7. The van der Waals surface area contributed by atoms with Crippen LogP contribution in [0.1, 0.15) is 70.4 Å². The van der Waals surface area contributed by atoms with Gasteiger partial charge in [-0.3, -0.25) is 4.90 Å². The van der Waals surface area contributed by atoms with Gasteiger partial charge < -0.3 is 9.64 Å². The number of nitrogens with zero attached hydrogens (tertiary/aromatic N) is 3. The molecular formula is C21H31N3O2. The van der Waals surface area contributed by atoms with Gasteiger partial charge in [0.1, 0.15) is 11.4 Å². The van der Waals surface area contributed by atoms with Crippen molar-refractivity contribution in [3.05, 3.63) is 23.9 Å². The first-order valence-corrected chi connectivity index (χ1v) is 10.3. The maximum absolute atomic E-state index is 12.5. The third-order valence-corrected chi connectivity index (χ3v) is 6.37. The van der Waals surface area contributed by atoms with E-state index >= 15 is 0 Å². The molecule has 142 valence electrons. The first-order valence-electron chi connectivity index (χ1n) is 10.3. The van der Waals surface area contributed by atoms with Crippen LogP contribution in [0.15, 0.2) is 18.2 Å². The number of pyridine rings is 1. The van der Waals surface area contributed by atoms with Crippen LogP contribution in [0.2, 0.25) is 0 Å². The summed E-state index contributed by atoms with van der Waals surface area (Å²) >= 11 is 0. The Balaban J connectivity index is 1.51. The maximum atomic E-state index is 12.5. The lowest BCUT2D eigenvalue weighted by Gasteiger charge is -2.35. The maximum Gasteiger partial charge on any atom is 0.416 e. The number of anilines is 1. The molecule has 26 heavy (non-hydrogen) atoms. The molecule has 3 aliphatic rings. The summed E-state index contributed by atoms with van der Waals surface area (Å²) in [6.45, 7) is 7.41. The third kappa shape index (κ3) is 3.46. The molecule has 3 fully saturated rings. The molecule has 1 aliphatic carbocycles. The van der Waals surface area contributed by atoms with Crippen molar-refractivity contribution in [2.75, 3.05) is 24.5 Å². The van der Waals surface area contributed by atoms with Gasteiger partial charge in [0, 0.05) is 24.2 Å². The molecule has 1 aromatic rings. The van der Waals surface area contributed by atoms with Crippen molar-refractivity contribution in [1.82, 2.24) is 9.88 Å². The lowest BCUT2D eigenvalue weighted by atomic mass is 9.85. The predicted molar refractivity (Wildman–Crippen MR) is 103 cm³/mol. The molecule has 0 unspecified atom stereocenters. The normalized spacial score (nSPS) is 26.5. The van der Waals surface area contributed by atoms with E-state index in [2.05, 4.69) is 24.8 Å². The molecule has 1 amide bonds. The fourth-order valence-electron chi connectivity index (χ4n) is 4.79. The molecule has 1 saturated carbocycles. The standard InChI is InChI=1S/C21H31N3O2/c1-16(2)23-13-7-8-17(14-23)18-9-6-10-19(22-18)24-15-21(26-20(24)25)11-4-3-5-12-21/h6,9-10,16-17H,3-5,7-8,11-15H2,1-2H3/t17-/m1/s1. The minimum atomic E-state index is -0.272. The van der Waals surface area contributed by atoms with Gasteiger partial charge in [-0.2, -0.15) is 0 Å². The second-order valence-corrected chi connectivity index (χ2v) is 8.55. The van der Waals surface area contributed by atoms with Crippen molar-refractivity contribution in [3.63, 3.8) is 0 Å². The van der Waals surface area contributed by atoms with E-state index in [1.165, 1.54) is 25.8 Å². The number of piperidine rings is 1. The summed E-state index contributed by atoms with van der Waals surface area (Å²) in [6, 6.07) is 6.69. The van der Waals surface area contributed by atoms with Gasteiger partial charge in [0.25, 0.3) is 0 Å². The van der Waals surface area contributed by atoms with Gasteiger partial charge in [0.2, 0.25) is 0 Å². The fraction of sp³-hybridized carbons (Fsp3) is 0.714. The highest BCUT2D eigenvalue weighted by atomic mass is 16.6. The molecule has 2 saturated heterocycles. The van der Waals surface area contributed by atoms with Crippen LogP contribution in [-0.2, 0) is 4.74 Å². The number of hydrogen-bond donors (Lipinski definition) is 0.